The van der Waals surface area contributed by atoms with Gasteiger partial charge in [-0.15, -0.1) is 11.3 Å². The molecule has 1 aromatic heterocycles. The average Bonchev–Trinajstić information content (AvgIpc) is 2.91. The summed E-state index contributed by atoms with van der Waals surface area (Å²) in [6.07, 6.45) is 0.676. The summed E-state index contributed by atoms with van der Waals surface area (Å²) in [5.74, 6) is -0.386. The third-order valence-electron chi connectivity index (χ3n) is 3.14. The number of hydrogen-bond acceptors (Lipinski definition) is 6. The van der Waals surface area contributed by atoms with Crippen LogP contribution >= 0.6 is 11.3 Å². The number of carbonyl (C=O) groups is 1. The molecule has 22 heavy (non-hydrogen) atoms. The second kappa shape index (κ2) is 6.52. The number of aryl methyl sites for hydroxylation is 1. The number of nitro groups is 1. The van der Waals surface area contributed by atoms with E-state index in [1.165, 1.54) is 29.5 Å². The van der Waals surface area contributed by atoms with Crippen LogP contribution in [0.1, 0.15) is 40.4 Å². The van der Waals surface area contributed by atoms with E-state index in [1.807, 2.05) is 19.2 Å². The molecule has 1 heterocycles. The first-order valence-electron chi connectivity index (χ1n) is 6.69. The molecule has 0 fully saturated rings. The van der Waals surface area contributed by atoms with E-state index in [0.29, 0.717) is 6.42 Å². The van der Waals surface area contributed by atoms with E-state index in [9.17, 15) is 14.9 Å². The van der Waals surface area contributed by atoms with Crippen molar-refractivity contribution in [1.29, 1.82) is 0 Å². The maximum atomic E-state index is 12.3. The first-order chi connectivity index (χ1) is 10.4. The summed E-state index contributed by atoms with van der Waals surface area (Å²) in [5.41, 5.74) is 6.39. The molecule has 2 rings (SSSR count). The van der Waals surface area contributed by atoms with Crippen LogP contribution in [0.3, 0.4) is 0 Å². The number of aromatic nitrogens is 1. The Kier molecular flexibility index (Phi) is 4.71. The van der Waals surface area contributed by atoms with E-state index in [-0.39, 0.29) is 28.9 Å². The number of nitro benzene ring substituents is 1. The molecular formula is C14H16N4O3S. The van der Waals surface area contributed by atoms with Crippen molar-refractivity contribution in [3.63, 3.8) is 0 Å². The highest BCUT2D eigenvalue weighted by Crippen LogP contribution is 2.24. The highest BCUT2D eigenvalue weighted by atomic mass is 32.1. The summed E-state index contributed by atoms with van der Waals surface area (Å²) in [5, 5.41) is 16.5. The van der Waals surface area contributed by atoms with Gasteiger partial charge in [0.05, 0.1) is 11.0 Å². The predicted octanol–water partition coefficient (Wildman–Crippen LogP) is 2.82. The van der Waals surface area contributed by atoms with E-state index in [2.05, 4.69) is 10.3 Å². The fourth-order valence-corrected chi connectivity index (χ4v) is 2.89. The molecule has 1 aromatic carbocycles. The lowest BCUT2D eigenvalue weighted by molar-refractivity contribution is -0.383. The largest absolute Gasteiger partial charge is 0.393 e. The smallest absolute Gasteiger partial charge is 0.292 e. The lowest BCUT2D eigenvalue weighted by Gasteiger charge is -2.14. The minimum atomic E-state index is -0.604. The van der Waals surface area contributed by atoms with Crippen molar-refractivity contribution in [2.24, 2.45) is 0 Å². The highest BCUT2D eigenvalue weighted by Gasteiger charge is 2.20. The third-order valence-corrected chi connectivity index (χ3v) is 4.21. The van der Waals surface area contributed by atoms with Crippen LogP contribution in [0.15, 0.2) is 23.6 Å². The van der Waals surface area contributed by atoms with Crippen molar-refractivity contribution < 1.29 is 9.72 Å². The normalized spacial score (nSPS) is 11.9. The molecule has 1 amide bonds. The van der Waals surface area contributed by atoms with Crippen LogP contribution in [0.4, 0.5) is 11.4 Å². The van der Waals surface area contributed by atoms with E-state index in [0.717, 1.165) is 10.7 Å². The Balaban J connectivity index is 2.21. The second-order valence-electron chi connectivity index (χ2n) is 4.79. The second-order valence-corrected chi connectivity index (χ2v) is 5.68. The monoisotopic (exact) mass is 320 g/mol. The average molecular weight is 320 g/mol. The lowest BCUT2D eigenvalue weighted by atomic mass is 10.1. The number of anilines is 1. The zero-order chi connectivity index (χ0) is 16.3. The Bertz CT molecular complexity index is 714. The fourth-order valence-electron chi connectivity index (χ4n) is 1.96. The van der Waals surface area contributed by atoms with Crippen LogP contribution in [-0.4, -0.2) is 15.8 Å². The molecular weight excluding hydrogens is 304 g/mol. The Labute approximate surface area is 131 Å². The molecule has 3 N–H and O–H groups in total. The minimum absolute atomic E-state index is 0.0316. The number of rotatable bonds is 5. The maximum Gasteiger partial charge on any atom is 0.292 e. The molecule has 0 aliphatic heterocycles. The van der Waals surface area contributed by atoms with Crippen LogP contribution < -0.4 is 11.1 Å². The molecule has 0 radical (unpaired) electrons. The summed E-state index contributed by atoms with van der Waals surface area (Å²) in [7, 11) is 0. The number of thiazole rings is 1. The number of nitrogens with two attached hydrogens (primary N) is 1. The van der Waals surface area contributed by atoms with Crippen molar-refractivity contribution in [1.82, 2.24) is 10.3 Å². The Morgan fingerprint density at radius 2 is 2.27 bits per heavy atom. The molecule has 1 atom stereocenters. The maximum absolute atomic E-state index is 12.3. The van der Waals surface area contributed by atoms with Gasteiger partial charge in [0.1, 0.15) is 10.7 Å². The van der Waals surface area contributed by atoms with E-state index >= 15 is 0 Å². The third kappa shape index (κ3) is 3.40. The SMILES string of the molecule is CCC(NC(=O)c1ccc(N)c([N+](=O)[O-])c1)c1nc(C)cs1. The first-order valence-corrected chi connectivity index (χ1v) is 7.57. The lowest BCUT2D eigenvalue weighted by Crippen LogP contribution is -2.28. The Hall–Kier alpha value is -2.48. The molecule has 0 saturated heterocycles. The van der Waals surface area contributed by atoms with E-state index < -0.39 is 4.92 Å². The predicted molar refractivity (Wildman–Crippen MR) is 84.9 cm³/mol. The molecule has 0 saturated carbocycles. The van der Waals surface area contributed by atoms with Gasteiger partial charge in [-0.25, -0.2) is 4.98 Å². The van der Waals surface area contributed by atoms with Gasteiger partial charge in [-0.1, -0.05) is 6.92 Å². The summed E-state index contributed by atoms with van der Waals surface area (Å²) in [6.45, 7) is 3.82. The molecule has 116 valence electrons. The number of carbonyl (C=O) groups excluding carboxylic acids is 1. The Morgan fingerprint density at radius 3 is 2.82 bits per heavy atom. The van der Waals surface area contributed by atoms with Gasteiger partial charge in [0, 0.05) is 22.7 Å². The molecule has 0 spiro atoms. The van der Waals surface area contributed by atoms with Gasteiger partial charge >= 0.3 is 0 Å². The van der Waals surface area contributed by atoms with E-state index in [4.69, 9.17) is 5.73 Å². The highest BCUT2D eigenvalue weighted by molar-refractivity contribution is 7.09. The fraction of sp³-hybridized carbons (Fsp3) is 0.286. The van der Waals surface area contributed by atoms with Crippen LogP contribution in [0.5, 0.6) is 0 Å². The van der Waals surface area contributed by atoms with Gasteiger partial charge in [-0.3, -0.25) is 14.9 Å². The first kappa shape index (κ1) is 15.9. The van der Waals surface area contributed by atoms with Crippen molar-refractivity contribution in [2.75, 3.05) is 5.73 Å². The topological polar surface area (TPSA) is 111 Å². The zero-order valence-corrected chi connectivity index (χ0v) is 13.0. The molecule has 7 nitrogen and oxygen atoms in total. The van der Waals surface area contributed by atoms with Crippen LogP contribution in [-0.2, 0) is 0 Å². The summed E-state index contributed by atoms with van der Waals surface area (Å²) in [4.78, 5) is 26.9. The van der Waals surface area contributed by atoms with Gasteiger partial charge in [0.15, 0.2) is 0 Å². The van der Waals surface area contributed by atoms with Gasteiger partial charge < -0.3 is 11.1 Å². The van der Waals surface area contributed by atoms with Crippen LogP contribution in [0.25, 0.3) is 0 Å². The number of hydrogen-bond donors (Lipinski definition) is 2. The number of nitrogen functional groups attached to an aromatic ring is 1. The summed E-state index contributed by atoms with van der Waals surface area (Å²) < 4.78 is 0. The van der Waals surface area contributed by atoms with Crippen LogP contribution in [0, 0.1) is 17.0 Å². The minimum Gasteiger partial charge on any atom is -0.393 e. The molecule has 1 unspecified atom stereocenters. The van der Waals surface area contributed by atoms with Crippen molar-refractivity contribution in [3.8, 4) is 0 Å². The zero-order valence-electron chi connectivity index (χ0n) is 12.2. The molecule has 0 bridgehead atoms. The molecule has 0 aliphatic carbocycles. The number of nitrogens with one attached hydrogen (secondary N) is 1. The van der Waals surface area contributed by atoms with Crippen molar-refractivity contribution in [3.05, 3.63) is 50.0 Å². The number of nitrogens with zero attached hydrogens (tertiary/aromatic N) is 2. The number of amides is 1. The summed E-state index contributed by atoms with van der Waals surface area (Å²) >= 11 is 1.48. The van der Waals surface area contributed by atoms with Gasteiger partial charge in [0.25, 0.3) is 11.6 Å². The van der Waals surface area contributed by atoms with Crippen molar-refractivity contribution >= 4 is 28.6 Å². The number of benzene rings is 1. The Morgan fingerprint density at radius 1 is 1.55 bits per heavy atom. The molecule has 8 heteroatoms. The van der Waals surface area contributed by atoms with E-state index in [1.54, 1.807) is 0 Å². The van der Waals surface area contributed by atoms with Gasteiger partial charge in [-0.2, -0.15) is 0 Å². The van der Waals surface area contributed by atoms with Gasteiger partial charge in [0.2, 0.25) is 0 Å². The standard InChI is InChI=1S/C14H16N4O3S/c1-3-11(14-16-8(2)7-22-14)17-13(19)9-4-5-10(15)12(6-9)18(20)21/h4-7,11H,3,15H2,1-2H3,(H,17,19). The quantitative estimate of drug-likeness (QED) is 0.500. The van der Waals surface area contributed by atoms with Crippen LogP contribution in [0.2, 0.25) is 0 Å². The molecule has 2 aromatic rings. The van der Waals surface area contributed by atoms with Crippen molar-refractivity contribution in [2.45, 2.75) is 26.3 Å². The molecule has 0 aliphatic rings. The summed E-state index contributed by atoms with van der Waals surface area (Å²) in [6, 6.07) is 3.80. The van der Waals surface area contributed by atoms with Gasteiger partial charge in [-0.05, 0) is 25.5 Å².